The first-order chi connectivity index (χ1) is 16.4. The van der Waals surface area contributed by atoms with Crippen molar-refractivity contribution in [2.45, 2.75) is 71.2 Å². The maximum atomic E-state index is 13.0. The number of carbonyl (C=O) groups excluding carboxylic acids is 1. The Kier molecular flexibility index (Phi) is 6.66. The molecule has 186 valence electrons. The second-order valence-corrected chi connectivity index (χ2v) is 10.0. The smallest absolute Gasteiger partial charge is 0.406 e. The highest BCUT2D eigenvalue weighted by atomic mass is 19.4. The average Bonchev–Trinajstić information content (AvgIpc) is 3.43. The van der Waals surface area contributed by atoms with Gasteiger partial charge in [0.05, 0.1) is 29.5 Å². The van der Waals surface area contributed by atoms with Gasteiger partial charge >= 0.3 is 6.36 Å². The van der Waals surface area contributed by atoms with E-state index in [1.807, 2.05) is 39.8 Å². The molecule has 3 aromatic rings. The van der Waals surface area contributed by atoms with Gasteiger partial charge in [0.2, 0.25) is 5.91 Å². The number of benzene rings is 2. The van der Waals surface area contributed by atoms with Crippen molar-refractivity contribution in [2.24, 2.45) is 0 Å². The van der Waals surface area contributed by atoms with E-state index in [0.29, 0.717) is 5.69 Å². The minimum atomic E-state index is -4.75. The number of alkyl halides is 3. The van der Waals surface area contributed by atoms with Gasteiger partial charge in [-0.1, -0.05) is 39.0 Å². The van der Waals surface area contributed by atoms with Crippen molar-refractivity contribution < 1.29 is 22.7 Å². The van der Waals surface area contributed by atoms with Gasteiger partial charge in [0.15, 0.2) is 0 Å². The highest BCUT2D eigenvalue weighted by Crippen LogP contribution is 2.28. The first-order valence-corrected chi connectivity index (χ1v) is 11.8. The van der Waals surface area contributed by atoms with Crippen LogP contribution in [0.5, 0.6) is 5.75 Å². The predicted octanol–water partition coefficient (Wildman–Crippen LogP) is 5.98. The minimum absolute atomic E-state index is 0.0954. The fourth-order valence-corrected chi connectivity index (χ4v) is 4.27. The summed E-state index contributed by atoms with van der Waals surface area (Å²) < 4.78 is 43.2. The summed E-state index contributed by atoms with van der Waals surface area (Å²) in [5, 5.41) is 7.69. The molecule has 1 heterocycles. The summed E-state index contributed by atoms with van der Waals surface area (Å²) in [5.74, 6) is -0.706. The molecule has 0 aliphatic heterocycles. The molecule has 1 N–H and O–H groups in total. The summed E-state index contributed by atoms with van der Waals surface area (Å²) in [4.78, 5) is 13.0. The van der Waals surface area contributed by atoms with Crippen molar-refractivity contribution in [3.63, 3.8) is 0 Å². The van der Waals surface area contributed by atoms with Crippen LogP contribution in [0, 0.1) is 0 Å². The molecule has 1 unspecified atom stereocenters. The van der Waals surface area contributed by atoms with E-state index in [9.17, 15) is 18.0 Å². The molecule has 0 bridgehead atoms. The lowest BCUT2D eigenvalue weighted by molar-refractivity contribution is -0.274. The number of nitrogens with one attached hydrogen (secondary N) is 1. The number of hydrogen-bond acceptors (Lipinski definition) is 3. The zero-order valence-electron chi connectivity index (χ0n) is 20.4. The Labute approximate surface area is 203 Å². The quantitative estimate of drug-likeness (QED) is 0.468. The maximum absolute atomic E-state index is 13.0. The topological polar surface area (TPSA) is 56.2 Å². The van der Waals surface area contributed by atoms with Crippen LogP contribution in [0.15, 0.2) is 48.5 Å². The van der Waals surface area contributed by atoms with Crippen molar-refractivity contribution in [3.05, 3.63) is 76.6 Å². The molecule has 8 heteroatoms. The van der Waals surface area contributed by atoms with Crippen LogP contribution < -0.4 is 10.1 Å². The van der Waals surface area contributed by atoms with Crippen molar-refractivity contribution >= 4 is 5.91 Å². The van der Waals surface area contributed by atoms with Crippen molar-refractivity contribution in [2.75, 3.05) is 0 Å². The maximum Gasteiger partial charge on any atom is 0.573 e. The van der Waals surface area contributed by atoms with Gasteiger partial charge in [0.1, 0.15) is 5.75 Å². The molecule has 4 rings (SSSR count). The lowest BCUT2D eigenvalue weighted by atomic mass is 9.92. The fourth-order valence-electron chi connectivity index (χ4n) is 4.27. The third-order valence-electron chi connectivity index (χ3n) is 6.33. The molecule has 5 nitrogen and oxygen atoms in total. The van der Waals surface area contributed by atoms with E-state index < -0.39 is 6.36 Å². The summed E-state index contributed by atoms with van der Waals surface area (Å²) in [6.07, 6.45) is -1.45. The SMILES string of the molecule is CC(C(=O)NCc1cc(C(C)(C)C)nn1-c1ccc(OC(F)(F)F)cc1)c1ccc2c(c1)CCC2. The molecular formula is C27H30F3N3O2. The Balaban J connectivity index is 1.53. The van der Waals surface area contributed by atoms with Crippen molar-refractivity contribution in [1.82, 2.24) is 15.1 Å². The van der Waals surface area contributed by atoms with Gasteiger partial charge in [-0.25, -0.2) is 4.68 Å². The number of rotatable bonds is 6. The molecule has 1 aliphatic carbocycles. The van der Waals surface area contributed by atoms with Crippen LogP contribution in [-0.4, -0.2) is 22.1 Å². The molecule has 35 heavy (non-hydrogen) atoms. The Morgan fingerprint density at radius 3 is 2.40 bits per heavy atom. The number of halogens is 3. The van der Waals surface area contributed by atoms with E-state index in [2.05, 4.69) is 27.3 Å². The van der Waals surface area contributed by atoms with Gasteiger partial charge < -0.3 is 10.1 Å². The summed E-state index contributed by atoms with van der Waals surface area (Å²) in [7, 11) is 0. The van der Waals surface area contributed by atoms with E-state index in [1.54, 1.807) is 4.68 Å². The van der Waals surface area contributed by atoms with E-state index >= 15 is 0 Å². The Hall–Kier alpha value is -3.29. The van der Waals surface area contributed by atoms with Gasteiger partial charge in [-0.3, -0.25) is 4.79 Å². The molecule has 1 aliphatic rings. The third-order valence-corrected chi connectivity index (χ3v) is 6.33. The highest BCUT2D eigenvalue weighted by molar-refractivity contribution is 5.83. The number of aryl methyl sites for hydroxylation is 2. The summed E-state index contributed by atoms with van der Waals surface area (Å²) in [6, 6.07) is 13.7. The second-order valence-electron chi connectivity index (χ2n) is 10.0. The van der Waals surface area contributed by atoms with E-state index in [0.717, 1.165) is 36.2 Å². The number of ether oxygens (including phenoxy) is 1. The first kappa shape index (κ1) is 24.8. The lowest BCUT2D eigenvalue weighted by Crippen LogP contribution is -2.28. The zero-order chi connectivity index (χ0) is 25.4. The van der Waals surface area contributed by atoms with Crippen LogP contribution in [0.4, 0.5) is 13.2 Å². The van der Waals surface area contributed by atoms with E-state index in [-0.39, 0.29) is 29.5 Å². The number of fused-ring (bicyclic) bond motifs is 1. The van der Waals surface area contributed by atoms with Gasteiger partial charge in [-0.05, 0) is 73.2 Å². The van der Waals surface area contributed by atoms with Gasteiger partial charge in [0.25, 0.3) is 0 Å². The summed E-state index contributed by atoms with van der Waals surface area (Å²) in [6.45, 7) is 8.20. The third kappa shape index (κ3) is 5.86. The molecule has 2 aromatic carbocycles. The Bertz CT molecular complexity index is 1210. The van der Waals surface area contributed by atoms with Gasteiger partial charge in [-0.2, -0.15) is 5.10 Å². The molecule has 1 aromatic heterocycles. The van der Waals surface area contributed by atoms with E-state index in [4.69, 9.17) is 0 Å². The highest BCUT2D eigenvalue weighted by Gasteiger charge is 2.31. The Morgan fingerprint density at radius 1 is 1.06 bits per heavy atom. The van der Waals surface area contributed by atoms with Crippen LogP contribution >= 0.6 is 0 Å². The van der Waals surface area contributed by atoms with E-state index in [1.165, 1.54) is 35.4 Å². The molecular weight excluding hydrogens is 455 g/mol. The molecule has 0 saturated heterocycles. The predicted molar refractivity (Wildman–Crippen MR) is 128 cm³/mol. The first-order valence-electron chi connectivity index (χ1n) is 11.8. The van der Waals surface area contributed by atoms with Crippen LogP contribution in [0.1, 0.15) is 68.1 Å². The number of amides is 1. The van der Waals surface area contributed by atoms with Crippen LogP contribution in [0.25, 0.3) is 5.69 Å². The van der Waals surface area contributed by atoms with Crippen LogP contribution in [0.3, 0.4) is 0 Å². The fraction of sp³-hybridized carbons (Fsp3) is 0.407. The number of carbonyl (C=O) groups is 1. The van der Waals surface area contributed by atoms with Gasteiger partial charge in [0, 0.05) is 5.41 Å². The second kappa shape index (κ2) is 9.40. The molecule has 1 atom stereocenters. The van der Waals surface area contributed by atoms with Crippen LogP contribution in [0.2, 0.25) is 0 Å². The molecule has 0 fully saturated rings. The van der Waals surface area contributed by atoms with Crippen molar-refractivity contribution in [3.8, 4) is 11.4 Å². The normalized spacial score (nSPS) is 14.5. The lowest BCUT2D eigenvalue weighted by Gasteiger charge is -2.15. The number of aromatic nitrogens is 2. The van der Waals surface area contributed by atoms with Gasteiger partial charge in [-0.15, -0.1) is 13.2 Å². The molecule has 0 radical (unpaired) electrons. The summed E-state index contributed by atoms with van der Waals surface area (Å²) >= 11 is 0. The Morgan fingerprint density at radius 2 is 1.74 bits per heavy atom. The van der Waals surface area contributed by atoms with Crippen molar-refractivity contribution in [1.29, 1.82) is 0 Å². The largest absolute Gasteiger partial charge is 0.573 e. The number of hydrogen-bond donors (Lipinski definition) is 1. The minimum Gasteiger partial charge on any atom is -0.406 e. The van der Waals surface area contributed by atoms with Crippen LogP contribution in [-0.2, 0) is 29.6 Å². The summed E-state index contributed by atoms with van der Waals surface area (Å²) in [5.41, 5.74) is 5.55. The standard InChI is InChI=1S/C27H30F3N3O2/c1-17(19-9-8-18-6-5-7-20(18)14-19)25(34)31-16-22-15-24(26(2,3)4)32-33(22)21-10-12-23(13-11-21)35-27(28,29)30/h8-15,17H,5-7,16H2,1-4H3,(H,31,34). The average molecular weight is 486 g/mol. The number of nitrogens with zero attached hydrogens (tertiary/aromatic N) is 2. The molecule has 0 saturated carbocycles. The zero-order valence-corrected chi connectivity index (χ0v) is 20.4. The molecule has 1 amide bonds. The monoisotopic (exact) mass is 485 g/mol. The molecule has 0 spiro atoms.